The van der Waals surface area contributed by atoms with Gasteiger partial charge < -0.3 is 18.6 Å². The second-order valence-electron chi connectivity index (χ2n) is 6.46. The highest BCUT2D eigenvalue weighted by Crippen LogP contribution is 2.35. The summed E-state index contributed by atoms with van der Waals surface area (Å²) in [7, 11) is 0. The van der Waals surface area contributed by atoms with E-state index < -0.39 is 17.6 Å². The number of benzene rings is 2. The molecule has 3 aromatic rings. The van der Waals surface area contributed by atoms with E-state index in [1.165, 1.54) is 12.3 Å². The zero-order valence-electron chi connectivity index (χ0n) is 15.6. The van der Waals surface area contributed by atoms with E-state index in [-0.39, 0.29) is 36.7 Å². The molecule has 1 aliphatic rings. The van der Waals surface area contributed by atoms with Crippen molar-refractivity contribution in [2.24, 2.45) is 0 Å². The summed E-state index contributed by atoms with van der Waals surface area (Å²) in [6.07, 6.45) is 1.37. The Balaban J connectivity index is 1.33. The monoisotopic (exact) mass is 479 g/mol. The summed E-state index contributed by atoms with van der Waals surface area (Å²) in [5, 5.41) is 0. The van der Waals surface area contributed by atoms with Gasteiger partial charge in [-0.2, -0.15) is 0 Å². The van der Waals surface area contributed by atoms with Gasteiger partial charge in [0.15, 0.2) is 23.1 Å². The van der Waals surface area contributed by atoms with Crippen LogP contribution in [0.25, 0.3) is 11.3 Å². The molecule has 0 bridgehead atoms. The van der Waals surface area contributed by atoms with Gasteiger partial charge in [-0.3, -0.25) is 4.79 Å². The normalized spacial score (nSPS) is 12.6. The third-order valence-corrected chi connectivity index (χ3v) is 5.14. The number of fused-ring (bicyclic) bond motifs is 1. The fourth-order valence-electron chi connectivity index (χ4n) is 2.93. The van der Waals surface area contributed by atoms with Crippen LogP contribution in [0.15, 0.2) is 45.4 Å². The maximum Gasteiger partial charge on any atom is 0.306 e. The van der Waals surface area contributed by atoms with Gasteiger partial charge in [-0.25, -0.2) is 13.8 Å². The smallest absolute Gasteiger partial charge is 0.306 e. The van der Waals surface area contributed by atoms with E-state index in [9.17, 15) is 13.6 Å². The molecule has 0 unspecified atom stereocenters. The molecule has 1 aromatic heterocycles. The van der Waals surface area contributed by atoms with Crippen LogP contribution in [0, 0.1) is 11.6 Å². The summed E-state index contributed by atoms with van der Waals surface area (Å²) in [4.78, 5) is 16.1. The lowest BCUT2D eigenvalue weighted by Crippen LogP contribution is -2.15. The Labute approximate surface area is 178 Å². The number of hydrogen-bond donors (Lipinski definition) is 0. The van der Waals surface area contributed by atoms with Gasteiger partial charge in [0, 0.05) is 16.5 Å². The maximum atomic E-state index is 13.8. The van der Waals surface area contributed by atoms with Gasteiger partial charge in [0.1, 0.15) is 31.5 Å². The van der Waals surface area contributed by atoms with E-state index >= 15 is 0 Å². The molecule has 4 rings (SSSR count). The first kappa shape index (κ1) is 20.3. The van der Waals surface area contributed by atoms with Crippen molar-refractivity contribution < 1.29 is 32.2 Å². The van der Waals surface area contributed by atoms with E-state index in [0.29, 0.717) is 24.7 Å². The molecule has 2 heterocycles. The van der Waals surface area contributed by atoms with Crippen molar-refractivity contribution >= 4 is 21.9 Å². The Morgan fingerprint density at radius 2 is 1.83 bits per heavy atom. The molecule has 0 N–H and O–H groups in total. The Morgan fingerprint density at radius 3 is 2.57 bits per heavy atom. The van der Waals surface area contributed by atoms with Crippen molar-refractivity contribution in [2.45, 2.75) is 19.4 Å². The minimum atomic E-state index is -0.748. The van der Waals surface area contributed by atoms with E-state index in [1.54, 1.807) is 12.1 Å². The number of carbonyl (C=O) groups is 1. The van der Waals surface area contributed by atoms with Crippen LogP contribution >= 0.6 is 15.9 Å². The van der Waals surface area contributed by atoms with Gasteiger partial charge in [0.05, 0.1) is 18.2 Å². The summed E-state index contributed by atoms with van der Waals surface area (Å²) < 4.78 is 50.1. The second kappa shape index (κ2) is 8.83. The summed E-state index contributed by atoms with van der Waals surface area (Å²) in [6, 6.07) is 7.06. The van der Waals surface area contributed by atoms with E-state index in [2.05, 4.69) is 20.9 Å². The number of aromatic nitrogens is 1. The van der Waals surface area contributed by atoms with Crippen molar-refractivity contribution in [3.63, 3.8) is 0 Å². The Morgan fingerprint density at radius 1 is 1.13 bits per heavy atom. The quantitative estimate of drug-likeness (QED) is 0.471. The van der Waals surface area contributed by atoms with Crippen molar-refractivity contribution in [3.8, 4) is 22.8 Å². The molecule has 0 amide bonds. The summed E-state index contributed by atoms with van der Waals surface area (Å²) >= 11 is 3.42. The zero-order valence-corrected chi connectivity index (χ0v) is 17.2. The third-order valence-electron chi connectivity index (χ3n) is 4.41. The number of hydrogen-bond acceptors (Lipinski definition) is 6. The van der Waals surface area contributed by atoms with E-state index in [0.717, 1.165) is 22.2 Å². The second-order valence-corrected chi connectivity index (χ2v) is 7.32. The number of carbonyl (C=O) groups excluding carboxylic acids is 1. The van der Waals surface area contributed by atoms with Crippen LogP contribution in [0.2, 0.25) is 0 Å². The summed E-state index contributed by atoms with van der Waals surface area (Å²) in [6.45, 7) is 0.996. The molecule has 6 nitrogen and oxygen atoms in total. The first-order chi connectivity index (χ1) is 14.5. The first-order valence-electron chi connectivity index (χ1n) is 9.14. The zero-order chi connectivity index (χ0) is 21.1. The van der Waals surface area contributed by atoms with Crippen LogP contribution in [0.4, 0.5) is 8.78 Å². The number of halogens is 3. The number of nitrogens with zero attached hydrogens (tertiary/aromatic N) is 1. The highest BCUT2D eigenvalue weighted by Gasteiger charge is 2.18. The molecular weight excluding hydrogens is 464 g/mol. The molecule has 156 valence electrons. The van der Waals surface area contributed by atoms with E-state index in [4.69, 9.17) is 18.6 Å². The van der Waals surface area contributed by atoms with E-state index in [1.807, 2.05) is 0 Å². The number of ether oxygens (including phenoxy) is 3. The fraction of sp³-hybridized carbons (Fsp3) is 0.238. The van der Waals surface area contributed by atoms with Gasteiger partial charge >= 0.3 is 5.97 Å². The van der Waals surface area contributed by atoms with Crippen molar-refractivity contribution in [1.82, 2.24) is 4.98 Å². The summed E-state index contributed by atoms with van der Waals surface area (Å²) in [5.41, 5.74) is 0.448. The minimum Gasteiger partial charge on any atom is -0.486 e. The largest absolute Gasteiger partial charge is 0.486 e. The molecule has 0 saturated carbocycles. The molecule has 0 fully saturated rings. The number of oxazole rings is 1. The lowest BCUT2D eigenvalue weighted by atomic mass is 10.1. The highest BCUT2D eigenvalue weighted by molar-refractivity contribution is 9.10. The first-order valence-corrected chi connectivity index (χ1v) is 9.93. The molecule has 2 aromatic carbocycles. The van der Waals surface area contributed by atoms with Gasteiger partial charge in [-0.15, -0.1) is 0 Å². The predicted molar refractivity (Wildman–Crippen MR) is 105 cm³/mol. The maximum absolute atomic E-state index is 13.8. The SMILES string of the molecule is O=C(CCc1ncc(-c2c(F)cccc2F)o1)OCc1cc2c(cc1Br)OCCO2. The van der Waals surface area contributed by atoms with Crippen LogP contribution in [-0.4, -0.2) is 24.2 Å². The molecule has 0 radical (unpaired) electrons. The molecular formula is C21H16BrF2NO5. The molecule has 0 saturated heterocycles. The predicted octanol–water partition coefficient (Wildman–Crippen LogP) is 4.83. The van der Waals surface area contributed by atoms with Crippen molar-refractivity contribution in [1.29, 1.82) is 0 Å². The molecule has 30 heavy (non-hydrogen) atoms. The van der Waals surface area contributed by atoms with Crippen molar-refractivity contribution in [2.75, 3.05) is 13.2 Å². The standard InChI is InChI=1S/C21H16BrF2NO5/c22-13-9-17-16(27-6-7-28-17)8-12(13)11-29-20(26)5-4-19-25-10-18(30-19)21-14(23)2-1-3-15(21)24/h1-3,8-10H,4-7,11H2. The van der Waals surface area contributed by atoms with Gasteiger partial charge in [0.25, 0.3) is 0 Å². The van der Waals surface area contributed by atoms with Crippen LogP contribution in [0.1, 0.15) is 17.9 Å². The molecule has 1 aliphatic heterocycles. The third kappa shape index (κ3) is 4.46. The average Bonchev–Trinajstić information content (AvgIpc) is 3.19. The Bertz CT molecular complexity index is 1070. The topological polar surface area (TPSA) is 70.8 Å². The van der Waals surface area contributed by atoms with Crippen LogP contribution in [0.3, 0.4) is 0 Å². The fourth-order valence-corrected chi connectivity index (χ4v) is 3.37. The molecule has 9 heteroatoms. The van der Waals surface area contributed by atoms with Gasteiger partial charge in [-0.05, 0) is 24.3 Å². The Kier molecular flexibility index (Phi) is 5.98. The molecule has 0 aliphatic carbocycles. The lowest BCUT2D eigenvalue weighted by Gasteiger charge is -2.19. The van der Waals surface area contributed by atoms with Gasteiger partial charge in [-0.1, -0.05) is 22.0 Å². The number of rotatable bonds is 6. The summed E-state index contributed by atoms with van der Waals surface area (Å²) in [5.74, 6) is -0.575. The number of esters is 1. The van der Waals surface area contributed by atoms with Crippen molar-refractivity contribution in [3.05, 3.63) is 64.1 Å². The van der Waals surface area contributed by atoms with Gasteiger partial charge in [0.2, 0.25) is 0 Å². The minimum absolute atomic E-state index is 0.00186. The highest BCUT2D eigenvalue weighted by atomic mass is 79.9. The van der Waals surface area contributed by atoms with Crippen LogP contribution in [0.5, 0.6) is 11.5 Å². The molecule has 0 spiro atoms. The Hall–Kier alpha value is -2.94. The lowest BCUT2D eigenvalue weighted by molar-refractivity contribution is -0.145. The number of aryl methyl sites for hydroxylation is 1. The average molecular weight is 480 g/mol. The van der Waals surface area contributed by atoms with Crippen LogP contribution in [-0.2, 0) is 22.6 Å². The molecule has 0 atom stereocenters. The van der Waals surface area contributed by atoms with Crippen LogP contribution < -0.4 is 9.47 Å².